The summed E-state index contributed by atoms with van der Waals surface area (Å²) in [5, 5.41) is -0.683. The minimum Gasteiger partial charge on any atom is -0.223 e. The van der Waals surface area contributed by atoms with E-state index in [9.17, 15) is 8.42 Å². The summed E-state index contributed by atoms with van der Waals surface area (Å²) in [6, 6.07) is 18.0. The van der Waals surface area contributed by atoms with Crippen molar-refractivity contribution in [1.82, 2.24) is 0 Å². The van der Waals surface area contributed by atoms with Crippen LogP contribution in [0.1, 0.15) is 17.2 Å². The fourth-order valence-electron chi connectivity index (χ4n) is 2.61. The topological polar surface area (TPSA) is 34.1 Å². The normalized spacial score (nSPS) is 17.3. The van der Waals surface area contributed by atoms with Crippen LogP contribution < -0.4 is 0 Å². The van der Waals surface area contributed by atoms with Crippen LogP contribution in [-0.4, -0.2) is 8.42 Å². The molecule has 1 atom stereocenters. The maximum absolute atomic E-state index is 13.1. The molecule has 23 heavy (non-hydrogen) atoms. The molecular formula is C20H18O2S. The maximum atomic E-state index is 13.1. The molecule has 0 fully saturated rings. The van der Waals surface area contributed by atoms with E-state index in [0.717, 1.165) is 17.6 Å². The zero-order chi connectivity index (χ0) is 16.1. The van der Waals surface area contributed by atoms with Crippen LogP contribution >= 0.6 is 0 Å². The first-order valence-corrected chi connectivity index (χ1v) is 9.10. The van der Waals surface area contributed by atoms with Gasteiger partial charge in [-0.2, -0.15) is 0 Å². The van der Waals surface area contributed by atoms with Crippen LogP contribution in [0.3, 0.4) is 0 Å². The summed E-state index contributed by atoms with van der Waals surface area (Å²) in [6.07, 6.45) is 10.5. The van der Waals surface area contributed by atoms with Crippen LogP contribution in [0, 0.1) is 0 Å². The quantitative estimate of drug-likeness (QED) is 0.821. The molecule has 1 aliphatic rings. The van der Waals surface area contributed by atoms with Gasteiger partial charge in [0.15, 0.2) is 9.84 Å². The lowest BCUT2D eigenvalue weighted by Crippen LogP contribution is -2.12. The fraction of sp³-hybridized carbons (Fsp3) is 0.100. The molecule has 0 saturated carbocycles. The van der Waals surface area contributed by atoms with E-state index in [4.69, 9.17) is 0 Å². The first-order valence-electron chi connectivity index (χ1n) is 7.56. The van der Waals surface area contributed by atoms with Crippen molar-refractivity contribution in [2.24, 2.45) is 0 Å². The fourth-order valence-corrected chi connectivity index (χ4v) is 4.31. The van der Waals surface area contributed by atoms with E-state index in [-0.39, 0.29) is 0 Å². The molecule has 0 heterocycles. The standard InChI is InChI=1S/C20H18O2S/c21-23(22,19-14-8-3-9-15-19)20(18-12-6-2-7-13-18)16-17-10-4-1-5-11-17/h1-10,12-16,20H,11H2/b17-16-. The van der Waals surface area contributed by atoms with E-state index in [2.05, 4.69) is 0 Å². The Bertz CT molecular complexity index is 845. The Morgan fingerprint density at radius 2 is 1.52 bits per heavy atom. The van der Waals surface area contributed by atoms with Gasteiger partial charge in [-0.3, -0.25) is 0 Å². The molecule has 0 spiro atoms. The van der Waals surface area contributed by atoms with Crippen molar-refractivity contribution >= 4 is 9.84 Å². The molecule has 0 bridgehead atoms. The zero-order valence-corrected chi connectivity index (χ0v) is 13.5. The molecular weight excluding hydrogens is 304 g/mol. The predicted molar refractivity (Wildman–Crippen MR) is 93.8 cm³/mol. The molecule has 0 radical (unpaired) electrons. The molecule has 0 aliphatic heterocycles. The maximum Gasteiger partial charge on any atom is 0.188 e. The Morgan fingerprint density at radius 1 is 0.870 bits per heavy atom. The lowest BCUT2D eigenvalue weighted by atomic mass is 10.0. The molecule has 0 saturated heterocycles. The molecule has 116 valence electrons. The summed E-state index contributed by atoms with van der Waals surface area (Å²) in [5.74, 6) is 0. The zero-order valence-electron chi connectivity index (χ0n) is 12.7. The van der Waals surface area contributed by atoms with Gasteiger partial charge in [0.2, 0.25) is 0 Å². The van der Waals surface area contributed by atoms with Gasteiger partial charge in [0.05, 0.1) is 4.90 Å². The van der Waals surface area contributed by atoms with E-state index in [0.29, 0.717) is 4.90 Å². The van der Waals surface area contributed by atoms with Crippen LogP contribution in [0.25, 0.3) is 0 Å². The Labute approximate surface area is 137 Å². The number of allylic oxidation sites excluding steroid dienone is 5. The van der Waals surface area contributed by atoms with Crippen LogP contribution in [-0.2, 0) is 9.84 Å². The van der Waals surface area contributed by atoms with Crippen molar-refractivity contribution in [3.8, 4) is 0 Å². The third-order valence-corrected chi connectivity index (χ3v) is 5.82. The largest absolute Gasteiger partial charge is 0.223 e. The summed E-state index contributed by atoms with van der Waals surface area (Å²) in [7, 11) is -3.49. The lowest BCUT2D eigenvalue weighted by molar-refractivity contribution is 0.590. The number of sulfone groups is 1. The Hall–Kier alpha value is -2.39. The predicted octanol–water partition coefficient (Wildman–Crippen LogP) is 4.64. The van der Waals surface area contributed by atoms with Gasteiger partial charge in [0.25, 0.3) is 0 Å². The Balaban J connectivity index is 2.09. The second kappa shape index (κ2) is 6.80. The molecule has 2 nitrogen and oxygen atoms in total. The highest BCUT2D eigenvalue weighted by molar-refractivity contribution is 7.91. The summed E-state index contributed by atoms with van der Waals surface area (Å²) >= 11 is 0. The smallest absolute Gasteiger partial charge is 0.188 e. The van der Waals surface area contributed by atoms with E-state index >= 15 is 0 Å². The molecule has 0 amide bonds. The second-order valence-electron chi connectivity index (χ2n) is 5.42. The molecule has 1 aliphatic carbocycles. The van der Waals surface area contributed by atoms with Crippen molar-refractivity contribution in [3.05, 3.63) is 102 Å². The van der Waals surface area contributed by atoms with Gasteiger partial charge >= 0.3 is 0 Å². The number of hydrogen-bond donors (Lipinski definition) is 0. The average Bonchev–Trinajstić information content (AvgIpc) is 2.62. The monoisotopic (exact) mass is 322 g/mol. The van der Waals surface area contributed by atoms with Gasteiger partial charge < -0.3 is 0 Å². The minimum absolute atomic E-state index is 0.348. The van der Waals surface area contributed by atoms with Gasteiger partial charge in [-0.1, -0.05) is 78.9 Å². The number of hydrogen-bond acceptors (Lipinski definition) is 2. The molecule has 0 N–H and O–H groups in total. The summed E-state index contributed by atoms with van der Waals surface area (Å²) in [6.45, 7) is 0. The summed E-state index contributed by atoms with van der Waals surface area (Å²) < 4.78 is 26.2. The SMILES string of the molecule is O=S(=O)(c1ccccc1)C(/C=C1/C=CC=CC1)c1ccccc1. The minimum atomic E-state index is -3.49. The first kappa shape index (κ1) is 15.5. The Kier molecular flexibility index (Phi) is 4.58. The van der Waals surface area contributed by atoms with Crippen molar-refractivity contribution in [1.29, 1.82) is 0 Å². The van der Waals surface area contributed by atoms with Gasteiger partial charge in [-0.25, -0.2) is 8.42 Å². The van der Waals surface area contributed by atoms with Gasteiger partial charge in [0.1, 0.15) is 5.25 Å². The lowest BCUT2D eigenvalue weighted by Gasteiger charge is -2.16. The third-order valence-electron chi connectivity index (χ3n) is 3.81. The van der Waals surface area contributed by atoms with Crippen LogP contribution in [0.4, 0.5) is 0 Å². The highest BCUT2D eigenvalue weighted by Crippen LogP contribution is 2.32. The highest BCUT2D eigenvalue weighted by atomic mass is 32.2. The molecule has 2 aromatic rings. The average molecular weight is 322 g/mol. The highest BCUT2D eigenvalue weighted by Gasteiger charge is 2.27. The van der Waals surface area contributed by atoms with E-state index in [1.165, 1.54) is 0 Å². The third kappa shape index (κ3) is 3.51. The molecule has 1 unspecified atom stereocenters. The van der Waals surface area contributed by atoms with E-state index in [1.54, 1.807) is 24.3 Å². The van der Waals surface area contributed by atoms with Gasteiger partial charge in [-0.15, -0.1) is 0 Å². The van der Waals surface area contributed by atoms with Gasteiger partial charge in [-0.05, 0) is 29.7 Å². The van der Waals surface area contributed by atoms with Crippen molar-refractivity contribution in [2.75, 3.05) is 0 Å². The Morgan fingerprint density at radius 3 is 2.13 bits per heavy atom. The molecule has 2 aromatic carbocycles. The second-order valence-corrected chi connectivity index (χ2v) is 7.49. The summed E-state index contributed by atoms with van der Waals surface area (Å²) in [4.78, 5) is 0.348. The molecule has 0 aromatic heterocycles. The van der Waals surface area contributed by atoms with Crippen LogP contribution in [0.2, 0.25) is 0 Å². The van der Waals surface area contributed by atoms with Crippen LogP contribution in [0.15, 0.2) is 102 Å². The van der Waals surface area contributed by atoms with Crippen LogP contribution in [0.5, 0.6) is 0 Å². The van der Waals surface area contributed by atoms with Crippen molar-refractivity contribution in [3.63, 3.8) is 0 Å². The number of benzene rings is 2. The molecule has 3 rings (SSSR count). The van der Waals surface area contributed by atoms with E-state index < -0.39 is 15.1 Å². The van der Waals surface area contributed by atoms with E-state index in [1.807, 2.05) is 66.8 Å². The van der Waals surface area contributed by atoms with Crippen molar-refractivity contribution in [2.45, 2.75) is 16.6 Å². The first-order chi connectivity index (χ1) is 11.2. The summed E-state index contributed by atoms with van der Waals surface area (Å²) in [5.41, 5.74) is 1.80. The molecule has 3 heteroatoms. The van der Waals surface area contributed by atoms with Gasteiger partial charge in [0, 0.05) is 0 Å². The number of rotatable bonds is 4. The van der Waals surface area contributed by atoms with Crippen molar-refractivity contribution < 1.29 is 8.42 Å².